The van der Waals surface area contributed by atoms with Gasteiger partial charge < -0.3 is 15.8 Å². The standard InChI is InChI=1S/C19H17N5O2/c1-26-13-6-7-16-14(9-13)15-10-21-24-18(15)19(23-16)22-12-4-2-11(3-5-12)8-17(20)25/h2-7,9-10H,8H2,1H3,(H2,20,25)(H,21,24)(H,22,23). The van der Waals surface area contributed by atoms with Crippen molar-refractivity contribution in [3.63, 3.8) is 0 Å². The van der Waals surface area contributed by atoms with E-state index in [0.29, 0.717) is 5.82 Å². The number of primary amides is 1. The molecule has 130 valence electrons. The van der Waals surface area contributed by atoms with Gasteiger partial charge in [0.1, 0.15) is 11.3 Å². The zero-order valence-electron chi connectivity index (χ0n) is 14.1. The van der Waals surface area contributed by atoms with Gasteiger partial charge in [-0.3, -0.25) is 9.89 Å². The number of benzene rings is 2. The third-order valence-corrected chi connectivity index (χ3v) is 4.20. The summed E-state index contributed by atoms with van der Waals surface area (Å²) in [6.45, 7) is 0. The number of hydrogen-bond acceptors (Lipinski definition) is 5. The monoisotopic (exact) mass is 347 g/mol. The van der Waals surface area contributed by atoms with Gasteiger partial charge in [0, 0.05) is 16.5 Å². The van der Waals surface area contributed by atoms with Crippen molar-refractivity contribution < 1.29 is 9.53 Å². The first-order valence-electron chi connectivity index (χ1n) is 8.09. The Morgan fingerprint density at radius 3 is 2.73 bits per heavy atom. The quantitative estimate of drug-likeness (QED) is 0.515. The summed E-state index contributed by atoms with van der Waals surface area (Å²) in [6.07, 6.45) is 2.00. The largest absolute Gasteiger partial charge is 0.497 e. The van der Waals surface area contributed by atoms with Gasteiger partial charge in [-0.25, -0.2) is 4.98 Å². The van der Waals surface area contributed by atoms with Gasteiger partial charge in [0.25, 0.3) is 0 Å². The number of amides is 1. The molecule has 0 radical (unpaired) electrons. The molecule has 0 saturated carbocycles. The fourth-order valence-corrected chi connectivity index (χ4v) is 2.94. The van der Waals surface area contributed by atoms with Crippen LogP contribution in [0.3, 0.4) is 0 Å². The molecule has 0 atom stereocenters. The van der Waals surface area contributed by atoms with Crippen molar-refractivity contribution >= 4 is 39.2 Å². The van der Waals surface area contributed by atoms with Crippen molar-refractivity contribution in [3.05, 3.63) is 54.2 Å². The van der Waals surface area contributed by atoms with Gasteiger partial charge >= 0.3 is 0 Å². The summed E-state index contributed by atoms with van der Waals surface area (Å²) in [5.74, 6) is 1.10. The number of rotatable bonds is 5. The maximum absolute atomic E-state index is 11.0. The Hall–Kier alpha value is -3.61. The Bertz CT molecular complexity index is 1100. The van der Waals surface area contributed by atoms with E-state index in [4.69, 9.17) is 15.5 Å². The number of ether oxygens (including phenoxy) is 1. The molecule has 0 fully saturated rings. The Balaban J connectivity index is 1.74. The first-order chi connectivity index (χ1) is 12.6. The summed E-state index contributed by atoms with van der Waals surface area (Å²) >= 11 is 0. The van der Waals surface area contributed by atoms with E-state index in [1.807, 2.05) is 42.5 Å². The molecule has 26 heavy (non-hydrogen) atoms. The van der Waals surface area contributed by atoms with Crippen LogP contribution in [0, 0.1) is 0 Å². The lowest BCUT2D eigenvalue weighted by Crippen LogP contribution is -2.13. The zero-order valence-corrected chi connectivity index (χ0v) is 14.1. The van der Waals surface area contributed by atoms with Crippen LogP contribution in [0.1, 0.15) is 5.56 Å². The van der Waals surface area contributed by atoms with E-state index in [1.165, 1.54) is 0 Å². The normalized spacial score (nSPS) is 11.0. The number of fused-ring (bicyclic) bond motifs is 3. The van der Waals surface area contributed by atoms with Crippen LogP contribution in [0.4, 0.5) is 11.5 Å². The summed E-state index contributed by atoms with van der Waals surface area (Å²) in [6, 6.07) is 13.3. The van der Waals surface area contributed by atoms with Crippen molar-refractivity contribution in [2.24, 2.45) is 5.73 Å². The van der Waals surface area contributed by atoms with E-state index in [2.05, 4.69) is 15.5 Å². The number of pyridine rings is 1. The van der Waals surface area contributed by atoms with E-state index in [0.717, 1.165) is 38.8 Å². The van der Waals surface area contributed by atoms with E-state index in [9.17, 15) is 4.79 Å². The highest BCUT2D eigenvalue weighted by Crippen LogP contribution is 2.31. The van der Waals surface area contributed by atoms with Gasteiger partial charge in [-0.15, -0.1) is 0 Å². The van der Waals surface area contributed by atoms with Crippen LogP contribution in [0.2, 0.25) is 0 Å². The molecule has 2 aromatic carbocycles. The Morgan fingerprint density at radius 1 is 1.19 bits per heavy atom. The molecule has 1 amide bonds. The molecule has 0 saturated heterocycles. The van der Waals surface area contributed by atoms with Crippen molar-refractivity contribution in [3.8, 4) is 5.75 Å². The van der Waals surface area contributed by atoms with E-state index >= 15 is 0 Å². The highest BCUT2D eigenvalue weighted by Gasteiger charge is 2.11. The third-order valence-electron chi connectivity index (χ3n) is 4.20. The Kier molecular flexibility index (Phi) is 3.89. The predicted octanol–water partition coefficient (Wildman–Crippen LogP) is 2.89. The fourth-order valence-electron chi connectivity index (χ4n) is 2.94. The lowest BCUT2D eigenvalue weighted by molar-refractivity contribution is -0.117. The number of hydrogen-bond donors (Lipinski definition) is 3. The second-order valence-corrected chi connectivity index (χ2v) is 5.97. The Labute approximate surface area is 149 Å². The number of carbonyl (C=O) groups excluding carboxylic acids is 1. The molecule has 0 unspecified atom stereocenters. The molecule has 0 spiro atoms. The molecular weight excluding hydrogens is 330 g/mol. The number of anilines is 2. The number of H-pyrrole nitrogens is 1. The molecule has 2 heterocycles. The number of nitrogens with two attached hydrogens (primary N) is 1. The van der Waals surface area contributed by atoms with E-state index < -0.39 is 0 Å². The maximum atomic E-state index is 11.0. The van der Waals surface area contributed by atoms with Crippen molar-refractivity contribution in [1.29, 1.82) is 0 Å². The van der Waals surface area contributed by atoms with Gasteiger partial charge in [-0.1, -0.05) is 12.1 Å². The minimum atomic E-state index is -0.350. The minimum Gasteiger partial charge on any atom is -0.497 e. The predicted molar refractivity (Wildman–Crippen MR) is 101 cm³/mol. The molecule has 4 rings (SSSR count). The smallest absolute Gasteiger partial charge is 0.221 e. The van der Waals surface area contributed by atoms with Crippen LogP contribution in [-0.4, -0.2) is 28.2 Å². The number of aromatic nitrogens is 3. The SMILES string of the molecule is COc1ccc2nc(Nc3ccc(CC(N)=O)cc3)c3[nH]ncc3c2c1. The number of methoxy groups -OCH3 is 1. The molecule has 7 nitrogen and oxygen atoms in total. The lowest BCUT2D eigenvalue weighted by atomic mass is 10.1. The van der Waals surface area contributed by atoms with Crippen LogP contribution in [0.5, 0.6) is 5.75 Å². The lowest BCUT2D eigenvalue weighted by Gasteiger charge is -2.10. The highest BCUT2D eigenvalue weighted by atomic mass is 16.5. The van der Waals surface area contributed by atoms with Gasteiger partial charge in [-0.05, 0) is 35.9 Å². The second-order valence-electron chi connectivity index (χ2n) is 5.97. The van der Waals surface area contributed by atoms with Gasteiger partial charge in [-0.2, -0.15) is 5.10 Å². The number of nitrogens with zero attached hydrogens (tertiary/aromatic N) is 2. The van der Waals surface area contributed by atoms with Crippen molar-refractivity contribution in [2.75, 3.05) is 12.4 Å². The van der Waals surface area contributed by atoms with Crippen LogP contribution >= 0.6 is 0 Å². The van der Waals surface area contributed by atoms with Crippen molar-refractivity contribution in [1.82, 2.24) is 15.2 Å². The van der Waals surface area contributed by atoms with Gasteiger partial charge in [0.15, 0.2) is 5.82 Å². The Morgan fingerprint density at radius 2 is 2.00 bits per heavy atom. The third kappa shape index (κ3) is 2.90. The van der Waals surface area contributed by atoms with Crippen LogP contribution < -0.4 is 15.8 Å². The van der Waals surface area contributed by atoms with E-state index in [-0.39, 0.29) is 12.3 Å². The van der Waals surface area contributed by atoms with Crippen LogP contribution in [0.15, 0.2) is 48.7 Å². The van der Waals surface area contributed by atoms with Gasteiger partial charge in [0.2, 0.25) is 5.91 Å². The number of aromatic amines is 1. The summed E-state index contributed by atoms with van der Waals surface area (Å²) in [7, 11) is 1.64. The molecule has 2 aromatic heterocycles. The molecule has 7 heteroatoms. The highest BCUT2D eigenvalue weighted by molar-refractivity contribution is 6.09. The maximum Gasteiger partial charge on any atom is 0.221 e. The average molecular weight is 347 g/mol. The summed E-state index contributed by atoms with van der Waals surface area (Å²) in [4.78, 5) is 15.7. The average Bonchev–Trinajstić information content (AvgIpc) is 3.13. The first-order valence-corrected chi connectivity index (χ1v) is 8.09. The van der Waals surface area contributed by atoms with Crippen LogP contribution in [0.25, 0.3) is 21.8 Å². The summed E-state index contributed by atoms with van der Waals surface area (Å²) in [5.41, 5.74) is 8.60. The van der Waals surface area contributed by atoms with Crippen LogP contribution in [-0.2, 0) is 11.2 Å². The number of nitrogens with one attached hydrogen (secondary N) is 2. The second kappa shape index (κ2) is 6.36. The summed E-state index contributed by atoms with van der Waals surface area (Å²) in [5, 5.41) is 12.4. The molecule has 0 aliphatic carbocycles. The molecule has 0 bridgehead atoms. The minimum absolute atomic E-state index is 0.223. The molecular formula is C19H17N5O2. The zero-order chi connectivity index (χ0) is 18.1. The fraction of sp³-hybridized carbons (Fsp3) is 0.105. The summed E-state index contributed by atoms with van der Waals surface area (Å²) < 4.78 is 5.31. The first kappa shape index (κ1) is 15.9. The molecule has 0 aliphatic rings. The molecule has 4 N–H and O–H groups in total. The van der Waals surface area contributed by atoms with Crippen molar-refractivity contribution in [2.45, 2.75) is 6.42 Å². The molecule has 0 aliphatic heterocycles. The topological polar surface area (TPSA) is 106 Å². The van der Waals surface area contributed by atoms with E-state index in [1.54, 1.807) is 13.3 Å². The molecule has 4 aromatic rings. The van der Waals surface area contributed by atoms with Gasteiger partial charge in [0.05, 0.1) is 25.2 Å². The number of carbonyl (C=O) groups is 1.